The van der Waals surface area contributed by atoms with Gasteiger partial charge in [-0.05, 0) is 61.0 Å². The van der Waals surface area contributed by atoms with Gasteiger partial charge in [0.25, 0.3) is 0 Å². The number of nitrogens with one attached hydrogen (secondary N) is 3. The van der Waals surface area contributed by atoms with Gasteiger partial charge in [0.05, 0.1) is 43.9 Å². The molecule has 8 rings (SSSR count). The third kappa shape index (κ3) is 6.55. The highest BCUT2D eigenvalue weighted by atomic mass is 16.5. The summed E-state index contributed by atoms with van der Waals surface area (Å²) in [7, 11) is 0. The molecule has 0 spiro atoms. The maximum atomic E-state index is 13.0. The lowest BCUT2D eigenvalue weighted by atomic mass is 9.97. The number of ether oxygens (including phenoxy) is 3. The van der Waals surface area contributed by atoms with E-state index in [1.54, 1.807) is 4.68 Å². The third-order valence-electron chi connectivity index (χ3n) is 8.64. The zero-order chi connectivity index (χ0) is 33.2. The second-order valence-corrected chi connectivity index (χ2v) is 11.9. The number of nitrogens with zero attached hydrogens (tertiary/aromatic N) is 7. The van der Waals surface area contributed by atoms with Crippen molar-refractivity contribution >= 4 is 35.4 Å². The number of para-hydroxylation sites is 1. The number of morpholine rings is 2. The molecule has 5 aromatic rings. The number of carbonyl (C=O) groups is 1. The Morgan fingerprint density at radius 2 is 1.45 bits per heavy atom. The molecule has 2 saturated heterocycles. The van der Waals surface area contributed by atoms with E-state index in [0.717, 1.165) is 33.9 Å². The van der Waals surface area contributed by atoms with Gasteiger partial charge in [-0.1, -0.05) is 30.3 Å². The summed E-state index contributed by atoms with van der Waals surface area (Å²) in [5.41, 5.74) is 4.15. The molecule has 14 nitrogen and oxygen atoms in total. The monoisotopic (exact) mass is 660 g/mol. The Bertz CT molecular complexity index is 1900. The standard InChI is InChI=1S/C35H36N10O4/c1-23-29-30(24-6-5-9-28(22-24)49-27-7-3-2-4-8-27)37-35(46)38-31(29)45(42-23)26-12-10-25(11-13-26)36-32-39-33(43-14-18-47-19-15-43)41-34(40-32)44-16-20-48-21-17-44/h2-13,22,30H,14-21H2,1H3,(H2,37,38,46)(H,36,39,40,41). The number of fused-ring (bicyclic) bond motifs is 1. The molecule has 2 aromatic heterocycles. The topological polar surface area (TPSA) is 144 Å². The number of hydrogen-bond acceptors (Lipinski definition) is 11. The Hall–Kier alpha value is -5.73. The van der Waals surface area contributed by atoms with Crippen molar-refractivity contribution in [1.29, 1.82) is 0 Å². The Balaban J connectivity index is 1.05. The number of anilines is 5. The van der Waals surface area contributed by atoms with E-state index in [2.05, 4.69) is 25.8 Å². The van der Waals surface area contributed by atoms with Gasteiger partial charge in [-0.2, -0.15) is 20.1 Å². The van der Waals surface area contributed by atoms with Crippen LogP contribution in [0.2, 0.25) is 0 Å². The molecular formula is C35H36N10O4. The number of amides is 2. The van der Waals surface area contributed by atoms with Crippen molar-refractivity contribution < 1.29 is 19.0 Å². The van der Waals surface area contributed by atoms with Crippen molar-refractivity contribution in [1.82, 2.24) is 30.0 Å². The summed E-state index contributed by atoms with van der Waals surface area (Å²) in [4.78, 5) is 31.5. The van der Waals surface area contributed by atoms with Crippen molar-refractivity contribution in [2.45, 2.75) is 13.0 Å². The number of benzene rings is 3. The molecule has 2 amide bonds. The molecule has 3 aliphatic heterocycles. The molecular weight excluding hydrogens is 624 g/mol. The fourth-order valence-corrected chi connectivity index (χ4v) is 6.21. The molecule has 49 heavy (non-hydrogen) atoms. The fraction of sp³-hybridized carbons (Fsp3) is 0.286. The minimum Gasteiger partial charge on any atom is -0.457 e. The van der Waals surface area contributed by atoms with Gasteiger partial charge in [-0.3, -0.25) is 5.32 Å². The number of aryl methyl sites for hydroxylation is 1. The second-order valence-electron chi connectivity index (χ2n) is 11.9. The molecule has 1 atom stereocenters. The second kappa shape index (κ2) is 13.4. The molecule has 1 unspecified atom stereocenters. The summed E-state index contributed by atoms with van der Waals surface area (Å²) in [6.07, 6.45) is 0. The first-order chi connectivity index (χ1) is 24.1. The molecule has 0 aliphatic carbocycles. The number of urea groups is 1. The highest BCUT2D eigenvalue weighted by Gasteiger charge is 2.32. The molecule has 0 radical (unpaired) electrons. The largest absolute Gasteiger partial charge is 0.457 e. The van der Waals surface area contributed by atoms with E-state index in [4.69, 9.17) is 34.3 Å². The number of rotatable bonds is 8. The van der Waals surface area contributed by atoms with Gasteiger partial charge in [0, 0.05) is 37.4 Å². The van der Waals surface area contributed by atoms with Crippen molar-refractivity contribution in [3.05, 3.63) is 95.7 Å². The SMILES string of the molecule is Cc1nn(-c2ccc(Nc3nc(N4CCOCC4)nc(N4CCOCC4)n3)cc2)c2c1C(c1cccc(Oc3ccccc3)c1)NC(=O)N2. The molecule has 250 valence electrons. The minimum atomic E-state index is -0.414. The van der Waals surface area contributed by atoms with Crippen molar-refractivity contribution in [3.63, 3.8) is 0 Å². The first kappa shape index (κ1) is 30.6. The van der Waals surface area contributed by atoms with Gasteiger partial charge in [-0.25, -0.2) is 9.48 Å². The third-order valence-corrected chi connectivity index (χ3v) is 8.64. The van der Waals surface area contributed by atoms with Crippen molar-refractivity contribution in [2.75, 3.05) is 73.0 Å². The van der Waals surface area contributed by atoms with Crippen LogP contribution in [0.1, 0.15) is 22.9 Å². The van der Waals surface area contributed by atoms with Gasteiger partial charge in [0.1, 0.15) is 17.3 Å². The quantitative estimate of drug-likeness (QED) is 0.211. The van der Waals surface area contributed by atoms with Crippen LogP contribution in [0.4, 0.5) is 34.1 Å². The molecule has 14 heteroatoms. The molecule has 3 N–H and O–H groups in total. The maximum absolute atomic E-state index is 13.0. The molecule has 0 saturated carbocycles. The predicted octanol–water partition coefficient (Wildman–Crippen LogP) is 4.80. The van der Waals surface area contributed by atoms with Crippen molar-refractivity contribution in [3.8, 4) is 17.2 Å². The number of hydrogen-bond donors (Lipinski definition) is 3. The summed E-state index contributed by atoms with van der Waals surface area (Å²) in [5.74, 6) is 3.73. The number of aromatic nitrogens is 5. The Morgan fingerprint density at radius 1 is 0.796 bits per heavy atom. The van der Waals surface area contributed by atoms with Crippen LogP contribution in [-0.4, -0.2) is 83.4 Å². The van der Waals surface area contributed by atoms with Crippen LogP contribution < -0.4 is 30.5 Å². The van der Waals surface area contributed by atoms with Crippen LogP contribution in [0.5, 0.6) is 11.5 Å². The summed E-state index contributed by atoms with van der Waals surface area (Å²) < 4.78 is 18.9. The first-order valence-corrected chi connectivity index (χ1v) is 16.4. The maximum Gasteiger partial charge on any atom is 0.321 e. The highest BCUT2D eigenvalue weighted by molar-refractivity contribution is 5.93. The van der Waals surface area contributed by atoms with Crippen LogP contribution in [0.25, 0.3) is 5.69 Å². The fourth-order valence-electron chi connectivity index (χ4n) is 6.21. The Labute approximate surface area is 283 Å². The zero-order valence-electron chi connectivity index (χ0n) is 27.0. The summed E-state index contributed by atoms with van der Waals surface area (Å²) in [5, 5.41) is 14.3. The van der Waals surface area contributed by atoms with Gasteiger partial charge >= 0.3 is 6.03 Å². The minimum absolute atomic E-state index is 0.312. The van der Waals surface area contributed by atoms with E-state index < -0.39 is 6.04 Å². The normalized spacial score (nSPS) is 17.6. The Kier molecular flexibility index (Phi) is 8.37. The van der Waals surface area contributed by atoms with Crippen LogP contribution >= 0.6 is 0 Å². The van der Waals surface area contributed by atoms with Gasteiger partial charge in [0.15, 0.2) is 0 Å². The van der Waals surface area contributed by atoms with Crippen molar-refractivity contribution in [2.24, 2.45) is 0 Å². The van der Waals surface area contributed by atoms with Crippen LogP contribution in [-0.2, 0) is 9.47 Å². The van der Waals surface area contributed by atoms with Gasteiger partial charge in [0.2, 0.25) is 17.8 Å². The molecule has 5 heterocycles. The van der Waals surface area contributed by atoms with E-state index in [0.29, 0.717) is 82.0 Å². The zero-order valence-corrected chi connectivity index (χ0v) is 27.0. The average molecular weight is 661 g/mol. The molecule has 3 aliphatic rings. The van der Waals surface area contributed by atoms with E-state index in [1.165, 1.54) is 0 Å². The highest BCUT2D eigenvalue weighted by Crippen LogP contribution is 2.37. The molecule has 0 bridgehead atoms. The van der Waals surface area contributed by atoms with E-state index >= 15 is 0 Å². The van der Waals surface area contributed by atoms with E-state index in [-0.39, 0.29) is 6.03 Å². The first-order valence-electron chi connectivity index (χ1n) is 16.4. The average Bonchev–Trinajstić information content (AvgIpc) is 3.48. The molecule has 3 aromatic carbocycles. The number of carbonyl (C=O) groups excluding carboxylic acids is 1. The smallest absolute Gasteiger partial charge is 0.321 e. The van der Waals surface area contributed by atoms with E-state index in [1.807, 2.05) is 85.8 Å². The lowest BCUT2D eigenvalue weighted by molar-refractivity contribution is 0.121. The Morgan fingerprint density at radius 3 is 2.12 bits per heavy atom. The lowest BCUT2D eigenvalue weighted by Gasteiger charge is -2.30. The van der Waals surface area contributed by atoms with Gasteiger partial charge in [-0.15, -0.1) is 0 Å². The summed E-state index contributed by atoms with van der Waals surface area (Å²) >= 11 is 0. The summed E-state index contributed by atoms with van der Waals surface area (Å²) in [6, 6.07) is 24.4. The summed E-state index contributed by atoms with van der Waals surface area (Å²) in [6.45, 7) is 7.33. The van der Waals surface area contributed by atoms with Gasteiger partial charge < -0.3 is 34.6 Å². The van der Waals surface area contributed by atoms with Crippen LogP contribution in [0, 0.1) is 6.92 Å². The molecule has 2 fully saturated rings. The van der Waals surface area contributed by atoms with E-state index in [9.17, 15) is 4.79 Å². The van der Waals surface area contributed by atoms with Crippen LogP contribution in [0.3, 0.4) is 0 Å². The van der Waals surface area contributed by atoms with Crippen LogP contribution in [0.15, 0.2) is 78.9 Å². The lowest BCUT2D eigenvalue weighted by Crippen LogP contribution is -2.40. The predicted molar refractivity (Wildman–Crippen MR) is 184 cm³/mol.